The number of thiophene rings is 1. The zero-order chi connectivity index (χ0) is 13.7. The highest BCUT2D eigenvalue weighted by atomic mass is 32.1. The molecule has 0 saturated heterocycles. The van der Waals surface area contributed by atoms with Crippen LogP contribution in [0.15, 0.2) is 6.07 Å². The number of amides is 1. The molecule has 5 heteroatoms. The van der Waals surface area contributed by atoms with Crippen LogP contribution in [0.25, 0.3) is 0 Å². The molecule has 0 fully saturated rings. The summed E-state index contributed by atoms with van der Waals surface area (Å²) in [6.45, 7) is 6.73. The second kappa shape index (κ2) is 6.54. The van der Waals surface area contributed by atoms with Gasteiger partial charge in [-0.2, -0.15) is 0 Å². The molecule has 0 aliphatic heterocycles. The number of hydrogen-bond acceptors (Lipinski definition) is 3. The van der Waals surface area contributed by atoms with Gasteiger partial charge in [-0.15, -0.1) is 11.3 Å². The average Bonchev–Trinajstić information content (AvgIpc) is 2.70. The van der Waals surface area contributed by atoms with E-state index < -0.39 is 5.97 Å². The van der Waals surface area contributed by atoms with E-state index in [2.05, 4.69) is 6.92 Å². The van der Waals surface area contributed by atoms with E-state index >= 15 is 0 Å². The molecule has 0 aromatic carbocycles. The minimum Gasteiger partial charge on any atom is -0.481 e. The van der Waals surface area contributed by atoms with Gasteiger partial charge in [-0.05, 0) is 31.9 Å². The molecular formula is C13H19NO3S. The summed E-state index contributed by atoms with van der Waals surface area (Å²) in [7, 11) is 0. The van der Waals surface area contributed by atoms with Gasteiger partial charge in [0, 0.05) is 18.0 Å². The summed E-state index contributed by atoms with van der Waals surface area (Å²) in [5.41, 5.74) is 1.19. The van der Waals surface area contributed by atoms with Crippen molar-refractivity contribution in [3.05, 3.63) is 21.4 Å². The molecule has 18 heavy (non-hydrogen) atoms. The zero-order valence-corrected chi connectivity index (χ0v) is 11.8. The van der Waals surface area contributed by atoms with E-state index in [-0.39, 0.29) is 18.9 Å². The Kier molecular flexibility index (Phi) is 5.34. The van der Waals surface area contributed by atoms with Crippen LogP contribution in [-0.2, 0) is 11.2 Å². The van der Waals surface area contributed by atoms with Crippen molar-refractivity contribution in [2.45, 2.75) is 33.6 Å². The quantitative estimate of drug-likeness (QED) is 0.863. The third-order valence-corrected chi connectivity index (χ3v) is 3.96. The predicted octanol–water partition coefficient (Wildman–Crippen LogP) is 2.56. The van der Waals surface area contributed by atoms with E-state index in [1.807, 2.05) is 19.9 Å². The lowest BCUT2D eigenvalue weighted by molar-refractivity contribution is -0.137. The Bertz CT molecular complexity index is 439. The molecule has 1 aromatic heterocycles. The van der Waals surface area contributed by atoms with Crippen LogP contribution in [-0.4, -0.2) is 35.0 Å². The number of carboxylic acids is 1. The van der Waals surface area contributed by atoms with Crippen LogP contribution in [0.2, 0.25) is 0 Å². The van der Waals surface area contributed by atoms with Crippen molar-refractivity contribution >= 4 is 23.2 Å². The average molecular weight is 269 g/mol. The predicted molar refractivity (Wildman–Crippen MR) is 72.3 cm³/mol. The fourth-order valence-corrected chi connectivity index (χ4v) is 2.85. The second-order valence-electron chi connectivity index (χ2n) is 4.07. The maximum Gasteiger partial charge on any atom is 0.305 e. The van der Waals surface area contributed by atoms with Gasteiger partial charge in [0.2, 0.25) is 0 Å². The highest BCUT2D eigenvalue weighted by molar-refractivity contribution is 7.14. The number of nitrogens with zero attached hydrogens (tertiary/aromatic N) is 1. The molecule has 0 radical (unpaired) electrons. The van der Waals surface area contributed by atoms with Crippen molar-refractivity contribution in [2.24, 2.45) is 0 Å². The van der Waals surface area contributed by atoms with Crippen LogP contribution in [0.5, 0.6) is 0 Å². The minimum absolute atomic E-state index is 0.00935. The van der Waals surface area contributed by atoms with E-state index in [9.17, 15) is 9.59 Å². The van der Waals surface area contributed by atoms with E-state index in [0.717, 1.165) is 11.3 Å². The first kappa shape index (κ1) is 14.7. The van der Waals surface area contributed by atoms with Crippen LogP contribution >= 0.6 is 11.3 Å². The minimum atomic E-state index is -0.877. The fraction of sp³-hybridized carbons (Fsp3) is 0.538. The van der Waals surface area contributed by atoms with Gasteiger partial charge in [0.25, 0.3) is 5.91 Å². The topological polar surface area (TPSA) is 57.6 Å². The summed E-state index contributed by atoms with van der Waals surface area (Å²) in [6, 6.07) is 1.92. The summed E-state index contributed by atoms with van der Waals surface area (Å²) in [5.74, 6) is -0.940. The highest BCUT2D eigenvalue weighted by Gasteiger charge is 2.18. The Morgan fingerprint density at radius 2 is 2.06 bits per heavy atom. The Hall–Kier alpha value is -1.36. The maximum absolute atomic E-state index is 12.2. The highest BCUT2D eigenvalue weighted by Crippen LogP contribution is 2.23. The Balaban J connectivity index is 2.79. The number of carboxylic acid groups (broad SMARTS) is 1. The first-order valence-corrected chi connectivity index (χ1v) is 6.91. The molecule has 1 heterocycles. The van der Waals surface area contributed by atoms with Crippen LogP contribution < -0.4 is 0 Å². The van der Waals surface area contributed by atoms with Gasteiger partial charge >= 0.3 is 5.97 Å². The molecule has 0 unspecified atom stereocenters. The molecule has 0 aliphatic rings. The van der Waals surface area contributed by atoms with Crippen molar-refractivity contribution < 1.29 is 14.7 Å². The Morgan fingerprint density at radius 3 is 2.50 bits per heavy atom. The van der Waals surface area contributed by atoms with Gasteiger partial charge < -0.3 is 10.0 Å². The number of carbonyl (C=O) groups excluding carboxylic acids is 1. The van der Waals surface area contributed by atoms with Gasteiger partial charge in [-0.1, -0.05) is 6.92 Å². The van der Waals surface area contributed by atoms with E-state index in [0.29, 0.717) is 11.4 Å². The van der Waals surface area contributed by atoms with Crippen molar-refractivity contribution in [3.63, 3.8) is 0 Å². The van der Waals surface area contributed by atoms with Gasteiger partial charge in [-0.25, -0.2) is 0 Å². The SMILES string of the molecule is CCc1cc(C(=O)N(CC)CCC(=O)O)sc1C. The van der Waals surface area contributed by atoms with E-state index in [1.165, 1.54) is 16.9 Å². The molecule has 4 nitrogen and oxygen atoms in total. The first-order chi connectivity index (χ1) is 8.49. The summed E-state index contributed by atoms with van der Waals surface area (Å²) in [5, 5.41) is 8.66. The number of aryl methyl sites for hydroxylation is 2. The molecule has 0 saturated carbocycles. The lowest BCUT2D eigenvalue weighted by Gasteiger charge is -2.18. The van der Waals surface area contributed by atoms with Crippen molar-refractivity contribution in [2.75, 3.05) is 13.1 Å². The Labute approximate surface area is 111 Å². The number of carbonyl (C=O) groups is 2. The number of aliphatic carboxylic acids is 1. The molecule has 1 aromatic rings. The van der Waals surface area contributed by atoms with Crippen molar-refractivity contribution in [1.29, 1.82) is 0 Å². The maximum atomic E-state index is 12.2. The van der Waals surface area contributed by atoms with Crippen LogP contribution in [0.4, 0.5) is 0 Å². The smallest absolute Gasteiger partial charge is 0.305 e. The zero-order valence-electron chi connectivity index (χ0n) is 11.0. The van der Waals surface area contributed by atoms with Gasteiger partial charge in [0.05, 0.1) is 11.3 Å². The molecule has 1 rings (SSSR count). The summed E-state index contributed by atoms with van der Waals surface area (Å²) < 4.78 is 0. The van der Waals surface area contributed by atoms with Gasteiger partial charge in [-0.3, -0.25) is 9.59 Å². The molecule has 0 atom stereocenters. The van der Waals surface area contributed by atoms with Crippen molar-refractivity contribution in [1.82, 2.24) is 4.90 Å². The first-order valence-electron chi connectivity index (χ1n) is 6.09. The molecule has 0 spiro atoms. The van der Waals surface area contributed by atoms with Gasteiger partial charge in [0.1, 0.15) is 0 Å². The summed E-state index contributed by atoms with van der Waals surface area (Å²) >= 11 is 1.49. The third-order valence-electron chi connectivity index (χ3n) is 2.88. The van der Waals surface area contributed by atoms with Gasteiger partial charge in [0.15, 0.2) is 0 Å². The lowest BCUT2D eigenvalue weighted by Crippen LogP contribution is -2.32. The normalized spacial score (nSPS) is 10.4. The fourth-order valence-electron chi connectivity index (χ4n) is 1.77. The molecule has 1 N–H and O–H groups in total. The van der Waals surface area contributed by atoms with E-state index in [4.69, 9.17) is 5.11 Å². The second-order valence-corrected chi connectivity index (χ2v) is 5.33. The van der Waals surface area contributed by atoms with Crippen LogP contribution in [0.3, 0.4) is 0 Å². The molecule has 0 aliphatic carbocycles. The molecule has 0 bridgehead atoms. The largest absolute Gasteiger partial charge is 0.481 e. The number of hydrogen-bond donors (Lipinski definition) is 1. The molecular weight excluding hydrogens is 250 g/mol. The number of rotatable bonds is 6. The monoisotopic (exact) mass is 269 g/mol. The Morgan fingerprint density at radius 1 is 1.39 bits per heavy atom. The summed E-state index contributed by atoms with van der Waals surface area (Å²) in [6.07, 6.45) is 0.904. The summed E-state index contributed by atoms with van der Waals surface area (Å²) in [4.78, 5) is 26.2. The molecule has 100 valence electrons. The van der Waals surface area contributed by atoms with E-state index in [1.54, 1.807) is 4.90 Å². The standard InChI is InChI=1S/C13H19NO3S/c1-4-10-8-11(18-9(10)3)13(17)14(5-2)7-6-12(15)16/h8H,4-7H2,1-3H3,(H,15,16). The van der Waals surface area contributed by atoms with Crippen molar-refractivity contribution in [3.8, 4) is 0 Å². The van der Waals surface area contributed by atoms with Crippen LogP contribution in [0.1, 0.15) is 40.4 Å². The third kappa shape index (κ3) is 3.57. The lowest BCUT2D eigenvalue weighted by atomic mass is 10.2. The molecule has 1 amide bonds. The van der Waals surface area contributed by atoms with Crippen LogP contribution in [0, 0.1) is 6.92 Å².